The van der Waals surface area contributed by atoms with E-state index in [1.807, 2.05) is 30.9 Å². The summed E-state index contributed by atoms with van der Waals surface area (Å²) in [5.41, 5.74) is 6.30. The van der Waals surface area contributed by atoms with E-state index in [-0.39, 0.29) is 0 Å². The maximum atomic E-state index is 9.95. The number of benzene rings is 1. The van der Waals surface area contributed by atoms with Crippen LogP contribution in [0.3, 0.4) is 0 Å². The fourth-order valence-electron chi connectivity index (χ4n) is 1.69. The highest BCUT2D eigenvalue weighted by Crippen LogP contribution is 2.13. The Hall–Kier alpha value is -0.910. The number of nitrogens with two attached hydrogens (primary N) is 1. The van der Waals surface area contributed by atoms with E-state index in [9.17, 15) is 5.11 Å². The minimum Gasteiger partial charge on any atom is -0.491 e. The quantitative estimate of drug-likeness (QED) is 0.712. The summed E-state index contributed by atoms with van der Waals surface area (Å²) >= 11 is 1.81. The first kappa shape index (κ1) is 16.1. The summed E-state index contributed by atoms with van der Waals surface area (Å²) in [5.74, 6) is 1.79. The second kappa shape index (κ2) is 8.30. The molecule has 3 N–H and O–H groups in total. The minimum atomic E-state index is -0.494. The average molecular weight is 284 g/mol. The Balaban J connectivity index is 2.31. The van der Waals surface area contributed by atoms with Crippen molar-refractivity contribution in [2.75, 3.05) is 37.9 Å². The van der Waals surface area contributed by atoms with Gasteiger partial charge in [-0.05, 0) is 44.5 Å². The molecule has 0 aliphatic rings. The van der Waals surface area contributed by atoms with Crippen LogP contribution in [0.15, 0.2) is 24.3 Å². The summed E-state index contributed by atoms with van der Waals surface area (Å²) in [6, 6.07) is 7.63. The third kappa shape index (κ3) is 6.18. The molecule has 0 spiro atoms. The van der Waals surface area contributed by atoms with Crippen molar-refractivity contribution in [3.8, 4) is 5.75 Å². The van der Waals surface area contributed by atoms with E-state index >= 15 is 0 Å². The lowest BCUT2D eigenvalue weighted by molar-refractivity contribution is 0.0684. The lowest BCUT2D eigenvalue weighted by Crippen LogP contribution is -2.39. The summed E-state index contributed by atoms with van der Waals surface area (Å²) in [6.45, 7) is 3.06. The van der Waals surface area contributed by atoms with Crippen LogP contribution < -0.4 is 10.5 Å². The van der Waals surface area contributed by atoms with Gasteiger partial charge in [0, 0.05) is 24.0 Å². The molecule has 0 saturated heterocycles. The summed E-state index contributed by atoms with van der Waals surface area (Å²) in [5, 5.41) is 9.95. The second-order valence-corrected chi connectivity index (χ2v) is 5.69. The number of likely N-dealkylation sites (N-methyl/N-ethyl adjacent to an activating group) is 1. The van der Waals surface area contributed by atoms with E-state index in [0.717, 1.165) is 11.5 Å². The van der Waals surface area contributed by atoms with Gasteiger partial charge in [-0.2, -0.15) is 11.8 Å². The largest absolute Gasteiger partial charge is 0.491 e. The molecule has 19 heavy (non-hydrogen) atoms. The zero-order valence-corrected chi connectivity index (χ0v) is 12.7. The first-order valence-electron chi connectivity index (χ1n) is 6.38. The zero-order chi connectivity index (χ0) is 14.3. The van der Waals surface area contributed by atoms with Gasteiger partial charge in [0.2, 0.25) is 0 Å². The van der Waals surface area contributed by atoms with Crippen molar-refractivity contribution in [3.63, 3.8) is 0 Å². The molecule has 0 aliphatic heterocycles. The van der Waals surface area contributed by atoms with Gasteiger partial charge in [0.15, 0.2) is 0 Å². The van der Waals surface area contributed by atoms with Crippen LogP contribution in [0, 0.1) is 0 Å². The van der Waals surface area contributed by atoms with E-state index in [1.54, 1.807) is 12.1 Å². The van der Waals surface area contributed by atoms with Gasteiger partial charge in [-0.3, -0.25) is 0 Å². The molecule has 0 heterocycles. The number of ether oxygens (including phenoxy) is 1. The fraction of sp³-hybridized carbons (Fsp3) is 0.571. The van der Waals surface area contributed by atoms with Crippen molar-refractivity contribution in [3.05, 3.63) is 24.3 Å². The average Bonchev–Trinajstić information content (AvgIpc) is 2.38. The molecule has 0 aromatic heterocycles. The molecule has 4 nitrogen and oxygen atoms in total. The van der Waals surface area contributed by atoms with Crippen LogP contribution in [-0.2, 0) is 0 Å². The Labute approximate surface area is 119 Å². The Morgan fingerprint density at radius 3 is 2.58 bits per heavy atom. The van der Waals surface area contributed by atoms with Gasteiger partial charge >= 0.3 is 0 Å². The SMILES string of the molecule is CSCC(C)N(C)CC(O)COc1ccc(N)cc1. The zero-order valence-electron chi connectivity index (χ0n) is 11.9. The van der Waals surface area contributed by atoms with E-state index < -0.39 is 6.10 Å². The van der Waals surface area contributed by atoms with Gasteiger partial charge in [0.1, 0.15) is 18.5 Å². The molecule has 0 fully saturated rings. The van der Waals surface area contributed by atoms with Crippen LogP contribution in [0.5, 0.6) is 5.75 Å². The van der Waals surface area contributed by atoms with Gasteiger partial charge in [0.25, 0.3) is 0 Å². The molecule has 0 amide bonds. The molecule has 108 valence electrons. The van der Waals surface area contributed by atoms with Crippen LogP contribution in [0.1, 0.15) is 6.92 Å². The third-order valence-corrected chi connectivity index (χ3v) is 3.80. The Bertz CT molecular complexity index is 359. The normalized spacial score (nSPS) is 14.4. The highest BCUT2D eigenvalue weighted by molar-refractivity contribution is 7.98. The molecular formula is C14H24N2O2S. The number of anilines is 1. The number of hydrogen-bond donors (Lipinski definition) is 2. The highest BCUT2D eigenvalue weighted by atomic mass is 32.2. The summed E-state index contributed by atoms with van der Waals surface area (Å²) in [7, 11) is 2.02. The molecule has 2 unspecified atom stereocenters. The first-order valence-corrected chi connectivity index (χ1v) is 7.78. The van der Waals surface area contributed by atoms with Crippen molar-refractivity contribution in [1.29, 1.82) is 0 Å². The van der Waals surface area contributed by atoms with E-state index in [4.69, 9.17) is 10.5 Å². The summed E-state index contributed by atoms with van der Waals surface area (Å²) in [6.07, 6.45) is 1.59. The number of rotatable bonds is 8. The fourth-order valence-corrected chi connectivity index (χ4v) is 2.43. The molecule has 5 heteroatoms. The third-order valence-electron chi connectivity index (χ3n) is 2.98. The molecule has 0 radical (unpaired) electrons. The molecule has 1 aromatic carbocycles. The Kier molecular flexibility index (Phi) is 7.05. The lowest BCUT2D eigenvalue weighted by atomic mass is 10.3. The molecule has 0 bridgehead atoms. The molecule has 1 aromatic rings. The van der Waals surface area contributed by atoms with Crippen LogP contribution in [0.4, 0.5) is 5.69 Å². The number of aliphatic hydroxyl groups is 1. The van der Waals surface area contributed by atoms with Crippen molar-refractivity contribution < 1.29 is 9.84 Å². The van der Waals surface area contributed by atoms with Gasteiger partial charge in [0.05, 0.1) is 0 Å². The monoisotopic (exact) mass is 284 g/mol. The number of thioether (sulfide) groups is 1. The van der Waals surface area contributed by atoms with Gasteiger partial charge in [-0.15, -0.1) is 0 Å². The molecule has 1 rings (SSSR count). The number of nitrogens with zero attached hydrogens (tertiary/aromatic N) is 1. The van der Waals surface area contributed by atoms with Crippen molar-refractivity contribution >= 4 is 17.4 Å². The van der Waals surface area contributed by atoms with E-state index in [2.05, 4.69) is 18.1 Å². The lowest BCUT2D eigenvalue weighted by Gasteiger charge is -2.26. The Morgan fingerprint density at radius 1 is 1.37 bits per heavy atom. The predicted octanol–water partition coefficient (Wildman–Crippen LogP) is 1.69. The molecule has 2 atom stereocenters. The highest BCUT2D eigenvalue weighted by Gasteiger charge is 2.13. The van der Waals surface area contributed by atoms with Gasteiger partial charge in [-0.25, -0.2) is 0 Å². The summed E-state index contributed by atoms with van der Waals surface area (Å²) < 4.78 is 5.53. The van der Waals surface area contributed by atoms with E-state index in [0.29, 0.717) is 24.9 Å². The predicted molar refractivity (Wildman–Crippen MR) is 82.8 cm³/mol. The van der Waals surface area contributed by atoms with E-state index in [1.165, 1.54) is 0 Å². The van der Waals surface area contributed by atoms with Crippen molar-refractivity contribution in [1.82, 2.24) is 4.90 Å². The van der Waals surface area contributed by atoms with Crippen LogP contribution in [-0.4, -0.2) is 54.4 Å². The van der Waals surface area contributed by atoms with Crippen LogP contribution in [0.2, 0.25) is 0 Å². The minimum absolute atomic E-state index is 0.292. The molecule has 0 aliphatic carbocycles. The number of aliphatic hydroxyl groups excluding tert-OH is 1. The molecule has 0 saturated carbocycles. The first-order chi connectivity index (χ1) is 9.02. The van der Waals surface area contributed by atoms with Crippen molar-refractivity contribution in [2.45, 2.75) is 19.1 Å². The van der Waals surface area contributed by atoms with Crippen molar-refractivity contribution in [2.24, 2.45) is 0 Å². The smallest absolute Gasteiger partial charge is 0.119 e. The maximum Gasteiger partial charge on any atom is 0.119 e. The molecular weight excluding hydrogens is 260 g/mol. The number of nitrogen functional groups attached to an aromatic ring is 1. The van der Waals surface area contributed by atoms with Gasteiger partial charge < -0.3 is 20.5 Å². The second-order valence-electron chi connectivity index (χ2n) is 4.78. The number of hydrogen-bond acceptors (Lipinski definition) is 5. The Morgan fingerprint density at radius 2 is 2.00 bits per heavy atom. The topological polar surface area (TPSA) is 58.7 Å². The maximum absolute atomic E-state index is 9.95. The van der Waals surface area contributed by atoms with Crippen LogP contribution >= 0.6 is 11.8 Å². The standard InChI is InChI=1S/C14H24N2O2S/c1-11(10-19-3)16(2)8-13(17)9-18-14-6-4-12(15)5-7-14/h4-7,11,13,17H,8-10,15H2,1-3H3. The summed E-state index contributed by atoms with van der Waals surface area (Å²) in [4.78, 5) is 2.15. The van der Waals surface area contributed by atoms with Crippen LogP contribution in [0.25, 0.3) is 0 Å². The van der Waals surface area contributed by atoms with Gasteiger partial charge in [-0.1, -0.05) is 0 Å².